The van der Waals surface area contributed by atoms with Crippen LogP contribution >= 0.6 is 0 Å². The molecule has 0 aliphatic rings. The van der Waals surface area contributed by atoms with Gasteiger partial charge in [-0.2, -0.15) is 0 Å². The number of nitrogens with zero attached hydrogens (tertiary/aromatic N) is 2. The molecule has 1 atom stereocenters. The number of anilines is 1. The second-order valence-electron chi connectivity index (χ2n) is 9.56. The van der Waals surface area contributed by atoms with Crippen LogP contribution in [0.15, 0.2) is 83.8 Å². The van der Waals surface area contributed by atoms with Crippen LogP contribution in [0.3, 0.4) is 0 Å². The summed E-state index contributed by atoms with van der Waals surface area (Å²) < 4.78 is 34.3. The average Bonchev–Trinajstić information content (AvgIpc) is 2.97. The highest BCUT2D eigenvalue weighted by Crippen LogP contribution is 2.27. The summed E-state index contributed by atoms with van der Waals surface area (Å²) in [6, 6.07) is 22.0. The molecular formula is C31H39N3O5S. The first-order valence-electron chi connectivity index (χ1n) is 13.6. The number of methoxy groups -OCH3 is 1. The van der Waals surface area contributed by atoms with E-state index in [0.29, 0.717) is 30.8 Å². The van der Waals surface area contributed by atoms with Crippen LogP contribution in [0.2, 0.25) is 0 Å². The Bertz CT molecular complexity index is 1360. The lowest BCUT2D eigenvalue weighted by Crippen LogP contribution is -2.53. The fourth-order valence-corrected chi connectivity index (χ4v) is 5.80. The quantitative estimate of drug-likeness (QED) is 0.309. The number of rotatable bonds is 14. The van der Waals surface area contributed by atoms with Gasteiger partial charge in [0.2, 0.25) is 11.8 Å². The number of amides is 2. The maximum atomic E-state index is 14.0. The standard InChI is InChI=1S/C31H39N3O5S/c1-5-20-32-31(36)29(6-2)33(21-19-25-11-8-7-9-12-25)30(35)23-34(26-13-10-14-27(22-26)39-4)40(37,38)28-17-15-24(3)16-18-28/h7-18,22,29H,5-6,19-21,23H2,1-4H3,(H,32,36)/t29-/m1/s1. The lowest BCUT2D eigenvalue weighted by molar-refractivity contribution is -0.139. The molecule has 0 heterocycles. The molecule has 40 heavy (non-hydrogen) atoms. The van der Waals surface area contributed by atoms with Gasteiger partial charge in [-0.1, -0.05) is 67.9 Å². The van der Waals surface area contributed by atoms with Gasteiger partial charge in [0, 0.05) is 19.2 Å². The van der Waals surface area contributed by atoms with E-state index < -0.39 is 28.5 Å². The Morgan fingerprint density at radius 1 is 0.950 bits per heavy atom. The predicted octanol–water partition coefficient (Wildman–Crippen LogP) is 4.58. The minimum atomic E-state index is -4.13. The Kier molecular flexibility index (Phi) is 11.1. The monoisotopic (exact) mass is 565 g/mol. The van der Waals surface area contributed by atoms with Crippen molar-refractivity contribution in [1.82, 2.24) is 10.2 Å². The third kappa shape index (κ3) is 7.85. The van der Waals surface area contributed by atoms with Crippen LogP contribution in [0.25, 0.3) is 0 Å². The molecule has 0 aliphatic heterocycles. The lowest BCUT2D eigenvalue weighted by Gasteiger charge is -2.33. The molecule has 214 valence electrons. The number of ether oxygens (including phenoxy) is 1. The molecule has 0 unspecified atom stereocenters. The normalized spacial score (nSPS) is 11.9. The van der Waals surface area contributed by atoms with E-state index in [1.54, 1.807) is 36.4 Å². The molecule has 9 heteroatoms. The highest BCUT2D eigenvalue weighted by atomic mass is 32.2. The topological polar surface area (TPSA) is 96.0 Å². The number of carbonyl (C=O) groups excluding carboxylic acids is 2. The second-order valence-corrected chi connectivity index (χ2v) is 11.4. The zero-order valence-corrected chi connectivity index (χ0v) is 24.5. The van der Waals surface area contributed by atoms with Crippen molar-refractivity contribution in [2.75, 3.05) is 31.0 Å². The van der Waals surface area contributed by atoms with Crippen LogP contribution in [0.5, 0.6) is 5.75 Å². The molecule has 3 rings (SSSR count). The summed E-state index contributed by atoms with van der Waals surface area (Å²) in [5.41, 5.74) is 2.22. The zero-order valence-electron chi connectivity index (χ0n) is 23.7. The molecule has 2 amide bonds. The van der Waals surface area contributed by atoms with Crippen molar-refractivity contribution in [1.29, 1.82) is 0 Å². The van der Waals surface area contributed by atoms with Crippen molar-refractivity contribution in [2.24, 2.45) is 0 Å². The van der Waals surface area contributed by atoms with Crippen molar-refractivity contribution in [2.45, 2.75) is 51.0 Å². The minimum absolute atomic E-state index is 0.0669. The molecule has 0 spiro atoms. The Hall–Kier alpha value is -3.85. The van der Waals surface area contributed by atoms with E-state index in [2.05, 4.69) is 5.32 Å². The first-order chi connectivity index (χ1) is 19.2. The molecule has 0 saturated heterocycles. The molecule has 1 N–H and O–H groups in total. The number of nitrogens with one attached hydrogen (secondary N) is 1. The van der Waals surface area contributed by atoms with Crippen molar-refractivity contribution in [3.63, 3.8) is 0 Å². The van der Waals surface area contributed by atoms with E-state index in [-0.39, 0.29) is 17.3 Å². The summed E-state index contributed by atoms with van der Waals surface area (Å²) in [7, 11) is -2.63. The predicted molar refractivity (Wildman–Crippen MR) is 158 cm³/mol. The maximum absolute atomic E-state index is 14.0. The molecule has 0 fully saturated rings. The van der Waals surface area contributed by atoms with E-state index in [0.717, 1.165) is 21.9 Å². The van der Waals surface area contributed by atoms with Crippen molar-refractivity contribution < 1.29 is 22.7 Å². The van der Waals surface area contributed by atoms with Crippen LogP contribution < -0.4 is 14.4 Å². The second kappa shape index (κ2) is 14.5. The summed E-state index contributed by atoms with van der Waals surface area (Å²) in [4.78, 5) is 28.7. The first kappa shape index (κ1) is 30.7. The Morgan fingerprint density at radius 2 is 1.65 bits per heavy atom. The fraction of sp³-hybridized carbons (Fsp3) is 0.355. The van der Waals surface area contributed by atoms with Gasteiger partial charge in [-0.3, -0.25) is 13.9 Å². The summed E-state index contributed by atoms with van der Waals surface area (Å²) in [5, 5.41) is 2.90. The molecule has 0 aliphatic carbocycles. The maximum Gasteiger partial charge on any atom is 0.264 e. The molecule has 0 aromatic heterocycles. The van der Waals surface area contributed by atoms with Crippen molar-refractivity contribution in [3.05, 3.63) is 90.0 Å². The molecule has 3 aromatic rings. The summed E-state index contributed by atoms with van der Waals surface area (Å²) in [5.74, 6) is -0.256. The number of hydrogen-bond donors (Lipinski definition) is 1. The highest BCUT2D eigenvalue weighted by molar-refractivity contribution is 7.92. The first-order valence-corrected chi connectivity index (χ1v) is 15.0. The van der Waals surface area contributed by atoms with Gasteiger partial charge in [0.05, 0.1) is 17.7 Å². The molecule has 0 bridgehead atoms. The molecule has 0 radical (unpaired) electrons. The van der Waals surface area contributed by atoms with Crippen LogP contribution in [-0.2, 0) is 26.0 Å². The third-order valence-electron chi connectivity index (χ3n) is 6.65. The van der Waals surface area contributed by atoms with Gasteiger partial charge in [0.25, 0.3) is 10.0 Å². The number of sulfonamides is 1. The summed E-state index contributed by atoms with van der Waals surface area (Å²) >= 11 is 0. The fourth-order valence-electron chi connectivity index (χ4n) is 4.39. The van der Waals surface area contributed by atoms with Crippen LogP contribution in [0.4, 0.5) is 5.69 Å². The van der Waals surface area contributed by atoms with E-state index in [9.17, 15) is 18.0 Å². The smallest absolute Gasteiger partial charge is 0.264 e. The Balaban J connectivity index is 2.01. The van der Waals surface area contributed by atoms with Crippen molar-refractivity contribution in [3.8, 4) is 5.75 Å². The van der Waals surface area contributed by atoms with Gasteiger partial charge in [0.1, 0.15) is 18.3 Å². The van der Waals surface area contributed by atoms with E-state index in [1.807, 2.05) is 51.1 Å². The van der Waals surface area contributed by atoms with Gasteiger partial charge in [-0.05, 0) is 56.0 Å². The van der Waals surface area contributed by atoms with E-state index >= 15 is 0 Å². The molecule has 8 nitrogen and oxygen atoms in total. The van der Waals surface area contributed by atoms with E-state index in [1.165, 1.54) is 24.1 Å². The number of aryl methyl sites for hydroxylation is 1. The SMILES string of the molecule is CCCNC(=O)[C@@H](CC)N(CCc1ccccc1)C(=O)CN(c1cccc(OC)c1)S(=O)(=O)c1ccc(C)cc1. The minimum Gasteiger partial charge on any atom is -0.497 e. The van der Waals surface area contributed by atoms with Crippen LogP contribution in [-0.4, -0.2) is 57.9 Å². The van der Waals surface area contributed by atoms with Gasteiger partial charge >= 0.3 is 0 Å². The summed E-state index contributed by atoms with van der Waals surface area (Å²) in [6.45, 7) is 5.96. The lowest BCUT2D eigenvalue weighted by atomic mass is 10.1. The van der Waals surface area contributed by atoms with Gasteiger partial charge in [0.15, 0.2) is 0 Å². The van der Waals surface area contributed by atoms with Crippen LogP contribution in [0, 0.1) is 6.92 Å². The largest absolute Gasteiger partial charge is 0.497 e. The highest BCUT2D eigenvalue weighted by Gasteiger charge is 2.33. The summed E-state index contributed by atoms with van der Waals surface area (Å²) in [6.07, 6.45) is 1.67. The van der Waals surface area contributed by atoms with Crippen molar-refractivity contribution >= 4 is 27.5 Å². The Morgan fingerprint density at radius 3 is 2.27 bits per heavy atom. The Labute approximate surface area is 238 Å². The molecule has 3 aromatic carbocycles. The number of carbonyl (C=O) groups is 2. The number of hydrogen-bond acceptors (Lipinski definition) is 5. The molecular weight excluding hydrogens is 526 g/mol. The zero-order chi connectivity index (χ0) is 29.1. The van der Waals surface area contributed by atoms with Crippen LogP contribution in [0.1, 0.15) is 37.8 Å². The average molecular weight is 566 g/mol. The number of benzene rings is 3. The van der Waals surface area contributed by atoms with Gasteiger partial charge < -0.3 is 15.0 Å². The molecule has 0 saturated carbocycles. The van der Waals surface area contributed by atoms with Gasteiger partial charge in [-0.25, -0.2) is 8.42 Å². The third-order valence-corrected chi connectivity index (χ3v) is 8.44. The van der Waals surface area contributed by atoms with Gasteiger partial charge in [-0.15, -0.1) is 0 Å². The van der Waals surface area contributed by atoms with E-state index in [4.69, 9.17) is 4.74 Å².